The number of nitrogens with zero attached hydrogens (tertiary/aromatic N) is 2. The molecule has 1 N–H and O–H groups in total. The lowest BCUT2D eigenvalue weighted by Crippen LogP contribution is -2.37. The molecule has 3 saturated heterocycles. The van der Waals surface area contributed by atoms with Crippen molar-refractivity contribution in [3.05, 3.63) is 35.4 Å². The lowest BCUT2D eigenvalue weighted by atomic mass is 9.86. The van der Waals surface area contributed by atoms with Gasteiger partial charge in [-0.1, -0.05) is 58.2 Å². The smallest absolute Gasteiger partial charge is 0.411 e. The van der Waals surface area contributed by atoms with Gasteiger partial charge in [0.2, 0.25) is 0 Å². The molecule has 1 aromatic carbocycles. The molecule has 150 valence electrons. The molecule has 0 aliphatic carbocycles. The van der Waals surface area contributed by atoms with Crippen LogP contribution in [-0.4, -0.2) is 52.5 Å². The summed E-state index contributed by atoms with van der Waals surface area (Å²) in [6, 6.07) is 6.82. The van der Waals surface area contributed by atoms with E-state index in [2.05, 4.69) is 26.2 Å². The largest absolute Gasteiger partial charge is 0.449 e. The van der Waals surface area contributed by atoms with Gasteiger partial charge in [-0.05, 0) is 12.5 Å². The number of hydrogen-bond acceptors (Lipinski definition) is 5. The summed E-state index contributed by atoms with van der Waals surface area (Å²) in [6.07, 6.45) is 4.54. The second kappa shape index (κ2) is 6.58. The van der Waals surface area contributed by atoms with Crippen molar-refractivity contribution in [2.75, 3.05) is 6.61 Å². The van der Waals surface area contributed by atoms with Gasteiger partial charge in [0.1, 0.15) is 6.61 Å². The highest BCUT2D eigenvalue weighted by atomic mass is 16.6. The van der Waals surface area contributed by atoms with Crippen molar-refractivity contribution in [2.24, 2.45) is 5.41 Å². The van der Waals surface area contributed by atoms with Crippen LogP contribution in [0.3, 0.4) is 0 Å². The molecule has 4 rings (SSSR count). The first-order valence-electron chi connectivity index (χ1n) is 10.00. The van der Waals surface area contributed by atoms with Crippen LogP contribution in [0.15, 0.2) is 24.3 Å². The van der Waals surface area contributed by atoms with Crippen molar-refractivity contribution in [2.45, 2.75) is 64.2 Å². The van der Waals surface area contributed by atoms with Gasteiger partial charge >= 0.3 is 6.09 Å². The van der Waals surface area contributed by atoms with E-state index in [4.69, 9.17) is 4.74 Å². The lowest BCUT2D eigenvalue weighted by molar-refractivity contribution is 0.0493. The van der Waals surface area contributed by atoms with Crippen LogP contribution >= 0.6 is 0 Å². The molecule has 3 aliphatic heterocycles. The number of benzene rings is 1. The van der Waals surface area contributed by atoms with Crippen molar-refractivity contribution in [1.29, 1.82) is 0 Å². The zero-order valence-electron chi connectivity index (χ0n) is 16.6. The highest BCUT2D eigenvalue weighted by molar-refractivity contribution is 6.01. The molecule has 4 atom stereocenters. The molecule has 28 heavy (non-hydrogen) atoms. The molecule has 7 heteroatoms. The molecular weight excluding hydrogens is 358 g/mol. The van der Waals surface area contributed by atoms with Gasteiger partial charge in [0, 0.05) is 11.0 Å². The van der Waals surface area contributed by atoms with Crippen LogP contribution in [0.25, 0.3) is 0 Å². The van der Waals surface area contributed by atoms with E-state index in [9.17, 15) is 14.4 Å². The Morgan fingerprint density at radius 1 is 1.32 bits per heavy atom. The van der Waals surface area contributed by atoms with Gasteiger partial charge in [0.25, 0.3) is 5.91 Å². The average molecular weight is 385 g/mol. The second-order valence-electron chi connectivity index (χ2n) is 8.63. The lowest BCUT2D eigenvalue weighted by Gasteiger charge is -2.27. The Balaban J connectivity index is 1.57. The summed E-state index contributed by atoms with van der Waals surface area (Å²) < 4.78 is 5.37. The molecule has 2 amide bonds. The van der Waals surface area contributed by atoms with Crippen LogP contribution in [0.1, 0.15) is 67.2 Å². The van der Waals surface area contributed by atoms with Gasteiger partial charge in [-0.2, -0.15) is 5.01 Å². The third-order valence-electron chi connectivity index (χ3n) is 6.24. The predicted octanol–water partition coefficient (Wildman–Crippen LogP) is 2.97. The highest BCUT2D eigenvalue weighted by Gasteiger charge is 2.89. The number of fused-ring (bicyclic) bond motifs is 3. The van der Waals surface area contributed by atoms with Crippen LogP contribution < -0.4 is 5.43 Å². The SMILES string of the molecule is CCCCC[C@@H]1N(NC(=O)c2ccccc2C=O)[C@@]12[C@@H]1N2C(=O)OCC1(C)C. The van der Waals surface area contributed by atoms with Crippen molar-refractivity contribution in [1.82, 2.24) is 15.3 Å². The number of cyclic esters (lactones) is 1. The Bertz CT molecular complexity index is 824. The van der Waals surface area contributed by atoms with Crippen molar-refractivity contribution in [3.8, 4) is 0 Å². The van der Waals surface area contributed by atoms with Crippen molar-refractivity contribution in [3.63, 3.8) is 0 Å². The Morgan fingerprint density at radius 2 is 2.07 bits per heavy atom. The van der Waals surface area contributed by atoms with Crippen LogP contribution in [0.2, 0.25) is 0 Å². The molecule has 1 aromatic rings. The molecule has 0 saturated carbocycles. The Labute approximate surface area is 165 Å². The molecule has 3 heterocycles. The second-order valence-corrected chi connectivity index (χ2v) is 8.63. The molecule has 1 unspecified atom stereocenters. The zero-order chi connectivity index (χ0) is 20.1. The maximum atomic E-state index is 12.9. The standard InChI is InChI=1S/C21H27N3O4/c1-4-5-6-11-16-21(18-20(2,3)13-28-19(27)23(18)21)24(16)22-17(26)15-10-8-7-9-14(15)12-25/h7-10,12,16,18H,4-6,11,13H2,1-3H3,(H,22,26)/t16-,18+,21+,23?,24?/m0/s1. The number of ether oxygens (including phenoxy) is 1. The topological polar surface area (TPSA) is 78.5 Å². The molecule has 7 nitrogen and oxygen atoms in total. The fourth-order valence-electron chi connectivity index (χ4n) is 4.89. The minimum atomic E-state index is -0.489. The van der Waals surface area contributed by atoms with Gasteiger partial charge in [0.15, 0.2) is 11.9 Å². The van der Waals surface area contributed by atoms with Crippen LogP contribution in [0.4, 0.5) is 4.79 Å². The molecule has 0 radical (unpaired) electrons. The summed E-state index contributed by atoms with van der Waals surface area (Å²) in [4.78, 5) is 38.3. The van der Waals surface area contributed by atoms with Gasteiger partial charge < -0.3 is 4.74 Å². The minimum Gasteiger partial charge on any atom is -0.449 e. The number of unbranched alkanes of at least 4 members (excludes halogenated alkanes) is 2. The molecule has 3 fully saturated rings. The number of nitrogens with one attached hydrogen (secondary N) is 1. The van der Waals surface area contributed by atoms with E-state index in [1.807, 2.05) is 5.01 Å². The number of carbonyl (C=O) groups excluding carboxylic acids is 3. The summed E-state index contributed by atoms with van der Waals surface area (Å²) in [7, 11) is 0. The van der Waals surface area contributed by atoms with Crippen molar-refractivity contribution < 1.29 is 19.1 Å². The van der Waals surface area contributed by atoms with E-state index < -0.39 is 5.66 Å². The number of rotatable bonds is 7. The molecule has 1 spiro atoms. The number of aldehydes is 1. The highest BCUT2D eigenvalue weighted by Crippen LogP contribution is 2.67. The molecule has 3 aliphatic rings. The minimum absolute atomic E-state index is 0.0227. The van der Waals surface area contributed by atoms with Crippen LogP contribution in [-0.2, 0) is 4.74 Å². The first kappa shape index (κ1) is 18.9. The van der Waals surface area contributed by atoms with E-state index in [1.165, 1.54) is 0 Å². The molecular formula is C21H27N3O4. The van der Waals surface area contributed by atoms with Gasteiger partial charge in [-0.25, -0.2) is 4.79 Å². The zero-order valence-corrected chi connectivity index (χ0v) is 16.6. The number of carbonyl (C=O) groups is 3. The molecule has 0 bridgehead atoms. The Kier molecular flexibility index (Phi) is 4.45. The van der Waals surface area contributed by atoms with Gasteiger partial charge in [0.05, 0.1) is 17.6 Å². The monoisotopic (exact) mass is 385 g/mol. The van der Waals surface area contributed by atoms with Crippen LogP contribution in [0.5, 0.6) is 0 Å². The van der Waals surface area contributed by atoms with E-state index in [-0.39, 0.29) is 29.5 Å². The summed E-state index contributed by atoms with van der Waals surface area (Å²) >= 11 is 0. The van der Waals surface area contributed by atoms with E-state index >= 15 is 0 Å². The fourth-order valence-corrected chi connectivity index (χ4v) is 4.89. The normalized spacial score (nSPS) is 31.8. The first-order chi connectivity index (χ1) is 13.4. The molecule has 0 aromatic heterocycles. The predicted molar refractivity (Wildman–Crippen MR) is 103 cm³/mol. The van der Waals surface area contributed by atoms with Gasteiger partial charge in [-0.3, -0.25) is 19.9 Å². The maximum Gasteiger partial charge on any atom is 0.411 e. The number of amides is 2. The third kappa shape index (κ3) is 2.64. The Hall–Kier alpha value is -2.41. The average Bonchev–Trinajstić information content (AvgIpc) is 3.55. The third-order valence-corrected chi connectivity index (χ3v) is 6.24. The Morgan fingerprint density at radius 3 is 2.75 bits per heavy atom. The fraction of sp³-hybridized carbons (Fsp3) is 0.571. The van der Waals surface area contributed by atoms with E-state index in [0.717, 1.165) is 25.7 Å². The van der Waals surface area contributed by atoms with E-state index in [0.29, 0.717) is 24.0 Å². The summed E-state index contributed by atoms with van der Waals surface area (Å²) in [6.45, 7) is 6.72. The quantitative estimate of drug-likeness (QED) is 0.444. The van der Waals surface area contributed by atoms with Gasteiger partial charge in [-0.15, -0.1) is 0 Å². The number of hydrogen-bond donors (Lipinski definition) is 1. The summed E-state index contributed by atoms with van der Waals surface area (Å²) in [5.41, 5.74) is 3.00. The summed E-state index contributed by atoms with van der Waals surface area (Å²) in [5.74, 6) is -0.323. The van der Waals surface area contributed by atoms with Crippen molar-refractivity contribution >= 4 is 18.3 Å². The number of hydrazine groups is 1. The maximum absolute atomic E-state index is 12.9. The van der Waals surface area contributed by atoms with Crippen LogP contribution in [0, 0.1) is 5.41 Å². The van der Waals surface area contributed by atoms with E-state index in [1.54, 1.807) is 29.2 Å². The summed E-state index contributed by atoms with van der Waals surface area (Å²) in [5, 5.41) is 1.91. The first-order valence-corrected chi connectivity index (χ1v) is 10.00.